The van der Waals surface area contributed by atoms with Crippen LogP contribution < -0.4 is 21.3 Å². The number of carbonyl (C=O) groups is 2. The molecule has 6 heteroatoms. The highest BCUT2D eigenvalue weighted by Gasteiger charge is 2.30. The second-order valence-corrected chi connectivity index (χ2v) is 5.25. The Bertz CT molecular complexity index is 540. The average molecular weight is 290 g/mol. The molecule has 0 spiro atoms. The van der Waals surface area contributed by atoms with Crippen molar-refractivity contribution in [2.75, 3.05) is 23.3 Å². The van der Waals surface area contributed by atoms with Crippen molar-refractivity contribution in [3.63, 3.8) is 0 Å². The zero-order valence-corrected chi connectivity index (χ0v) is 12.5. The molecule has 3 amide bonds. The SMILES string of the molecule is CCC(N)(CC)C(=O)Nc1cccc(N2CCNC2=O)c1. The summed E-state index contributed by atoms with van der Waals surface area (Å²) in [6.07, 6.45) is 1.15. The summed E-state index contributed by atoms with van der Waals surface area (Å²) in [4.78, 5) is 25.6. The van der Waals surface area contributed by atoms with E-state index in [0.29, 0.717) is 31.6 Å². The van der Waals surface area contributed by atoms with E-state index < -0.39 is 5.54 Å². The second-order valence-electron chi connectivity index (χ2n) is 5.25. The quantitative estimate of drug-likeness (QED) is 0.771. The van der Waals surface area contributed by atoms with Gasteiger partial charge in [0.15, 0.2) is 0 Å². The number of hydrogen-bond donors (Lipinski definition) is 3. The van der Waals surface area contributed by atoms with E-state index in [-0.39, 0.29) is 11.9 Å². The molecule has 1 aliphatic rings. The number of anilines is 2. The van der Waals surface area contributed by atoms with Crippen molar-refractivity contribution < 1.29 is 9.59 Å². The highest BCUT2D eigenvalue weighted by Crippen LogP contribution is 2.22. The first-order chi connectivity index (χ1) is 10.00. The molecule has 1 aliphatic heterocycles. The summed E-state index contributed by atoms with van der Waals surface area (Å²) in [5.74, 6) is -0.199. The van der Waals surface area contributed by atoms with Gasteiger partial charge in [-0.25, -0.2) is 4.79 Å². The van der Waals surface area contributed by atoms with Crippen molar-refractivity contribution in [1.82, 2.24) is 5.32 Å². The minimum Gasteiger partial charge on any atom is -0.336 e. The van der Waals surface area contributed by atoms with Crippen LogP contribution in [0.5, 0.6) is 0 Å². The third kappa shape index (κ3) is 3.16. The van der Waals surface area contributed by atoms with Crippen LogP contribution in [0.4, 0.5) is 16.2 Å². The smallest absolute Gasteiger partial charge is 0.321 e. The largest absolute Gasteiger partial charge is 0.336 e. The van der Waals surface area contributed by atoms with Crippen molar-refractivity contribution >= 4 is 23.3 Å². The average Bonchev–Trinajstić information content (AvgIpc) is 2.92. The van der Waals surface area contributed by atoms with Crippen LogP contribution in [0.1, 0.15) is 26.7 Å². The van der Waals surface area contributed by atoms with Gasteiger partial charge < -0.3 is 16.4 Å². The number of benzene rings is 1. The zero-order valence-electron chi connectivity index (χ0n) is 12.5. The Morgan fingerprint density at radius 1 is 1.43 bits per heavy atom. The van der Waals surface area contributed by atoms with E-state index >= 15 is 0 Å². The fourth-order valence-electron chi connectivity index (χ4n) is 2.30. The summed E-state index contributed by atoms with van der Waals surface area (Å²) in [5, 5.41) is 5.59. The van der Waals surface area contributed by atoms with E-state index in [4.69, 9.17) is 5.73 Å². The number of nitrogens with one attached hydrogen (secondary N) is 2. The molecule has 0 atom stereocenters. The van der Waals surface area contributed by atoms with Gasteiger partial charge in [0.1, 0.15) is 0 Å². The van der Waals surface area contributed by atoms with Crippen LogP contribution in [-0.2, 0) is 4.79 Å². The van der Waals surface area contributed by atoms with E-state index in [2.05, 4.69) is 10.6 Å². The summed E-state index contributed by atoms with van der Waals surface area (Å²) < 4.78 is 0. The predicted octanol–water partition coefficient (Wildman–Crippen LogP) is 1.67. The molecule has 114 valence electrons. The predicted molar refractivity (Wildman–Crippen MR) is 83.3 cm³/mol. The monoisotopic (exact) mass is 290 g/mol. The molecule has 0 saturated carbocycles. The van der Waals surface area contributed by atoms with Crippen molar-refractivity contribution in [2.45, 2.75) is 32.2 Å². The topological polar surface area (TPSA) is 87.5 Å². The Morgan fingerprint density at radius 3 is 2.71 bits per heavy atom. The number of nitrogens with zero attached hydrogens (tertiary/aromatic N) is 1. The van der Waals surface area contributed by atoms with Crippen LogP contribution in [0.15, 0.2) is 24.3 Å². The number of urea groups is 1. The van der Waals surface area contributed by atoms with Gasteiger partial charge in [0.25, 0.3) is 0 Å². The molecule has 1 aromatic carbocycles. The van der Waals surface area contributed by atoms with Crippen molar-refractivity contribution in [3.05, 3.63) is 24.3 Å². The van der Waals surface area contributed by atoms with Crippen molar-refractivity contribution in [3.8, 4) is 0 Å². The first-order valence-corrected chi connectivity index (χ1v) is 7.26. The van der Waals surface area contributed by atoms with Crippen LogP contribution >= 0.6 is 0 Å². The van der Waals surface area contributed by atoms with Crippen LogP contribution in [0, 0.1) is 0 Å². The van der Waals surface area contributed by atoms with Crippen molar-refractivity contribution in [1.29, 1.82) is 0 Å². The first-order valence-electron chi connectivity index (χ1n) is 7.26. The lowest BCUT2D eigenvalue weighted by Crippen LogP contribution is -2.50. The maximum Gasteiger partial charge on any atom is 0.321 e. The molecular formula is C15H22N4O2. The summed E-state index contributed by atoms with van der Waals surface area (Å²) in [6, 6.07) is 7.12. The van der Waals surface area contributed by atoms with E-state index in [1.807, 2.05) is 26.0 Å². The van der Waals surface area contributed by atoms with E-state index in [1.54, 1.807) is 17.0 Å². The third-order valence-corrected chi connectivity index (χ3v) is 3.99. The molecular weight excluding hydrogens is 268 g/mol. The lowest BCUT2D eigenvalue weighted by molar-refractivity contribution is -0.121. The molecule has 1 saturated heterocycles. The van der Waals surface area contributed by atoms with E-state index in [9.17, 15) is 9.59 Å². The summed E-state index contributed by atoms with van der Waals surface area (Å²) in [5.41, 5.74) is 6.63. The van der Waals surface area contributed by atoms with Crippen LogP contribution in [0.3, 0.4) is 0 Å². The summed E-state index contributed by atoms with van der Waals surface area (Å²) in [6.45, 7) is 5.05. The lowest BCUT2D eigenvalue weighted by atomic mass is 9.93. The number of amides is 3. The minimum atomic E-state index is -0.860. The van der Waals surface area contributed by atoms with Gasteiger partial charge >= 0.3 is 6.03 Å². The second kappa shape index (κ2) is 6.13. The maximum absolute atomic E-state index is 12.3. The Kier molecular flexibility index (Phi) is 4.47. The van der Waals surface area contributed by atoms with Crippen LogP contribution in [0.25, 0.3) is 0 Å². The fraction of sp³-hybridized carbons (Fsp3) is 0.467. The van der Waals surface area contributed by atoms with Gasteiger partial charge in [0.2, 0.25) is 5.91 Å². The molecule has 0 radical (unpaired) electrons. The maximum atomic E-state index is 12.3. The molecule has 0 bridgehead atoms. The molecule has 0 unspecified atom stereocenters. The highest BCUT2D eigenvalue weighted by atomic mass is 16.2. The molecule has 21 heavy (non-hydrogen) atoms. The zero-order chi connectivity index (χ0) is 15.5. The molecule has 1 aromatic rings. The normalized spacial score (nSPS) is 15.0. The standard InChI is InChI=1S/C15H22N4O2/c1-3-15(16,4-2)13(20)18-11-6-5-7-12(10-11)19-9-8-17-14(19)21/h5-7,10H,3-4,8-9,16H2,1-2H3,(H,17,21)(H,18,20). The van der Waals surface area contributed by atoms with E-state index in [0.717, 1.165) is 5.69 Å². The van der Waals surface area contributed by atoms with E-state index in [1.165, 1.54) is 0 Å². The first kappa shape index (κ1) is 15.3. The Morgan fingerprint density at radius 2 is 2.14 bits per heavy atom. The van der Waals surface area contributed by atoms with Gasteiger partial charge in [0, 0.05) is 24.5 Å². The van der Waals surface area contributed by atoms with Crippen LogP contribution in [-0.4, -0.2) is 30.6 Å². The number of hydrogen-bond acceptors (Lipinski definition) is 3. The minimum absolute atomic E-state index is 0.117. The van der Waals surface area contributed by atoms with Gasteiger partial charge in [0.05, 0.1) is 5.54 Å². The highest BCUT2D eigenvalue weighted by molar-refractivity contribution is 5.99. The number of carbonyl (C=O) groups excluding carboxylic acids is 2. The fourth-order valence-corrected chi connectivity index (χ4v) is 2.30. The Labute approximate surface area is 124 Å². The van der Waals surface area contributed by atoms with Gasteiger partial charge in [-0.3, -0.25) is 9.69 Å². The van der Waals surface area contributed by atoms with Crippen molar-refractivity contribution in [2.24, 2.45) is 5.73 Å². The number of rotatable bonds is 5. The van der Waals surface area contributed by atoms with Gasteiger partial charge in [-0.15, -0.1) is 0 Å². The molecule has 6 nitrogen and oxygen atoms in total. The van der Waals surface area contributed by atoms with Crippen LogP contribution in [0.2, 0.25) is 0 Å². The third-order valence-electron chi connectivity index (χ3n) is 3.99. The van der Waals surface area contributed by atoms with Gasteiger partial charge in [-0.2, -0.15) is 0 Å². The molecule has 1 fully saturated rings. The Balaban J connectivity index is 2.15. The molecule has 0 aromatic heterocycles. The summed E-state index contributed by atoms with van der Waals surface area (Å²) in [7, 11) is 0. The molecule has 2 rings (SSSR count). The molecule has 1 heterocycles. The summed E-state index contributed by atoms with van der Waals surface area (Å²) >= 11 is 0. The molecule has 0 aliphatic carbocycles. The molecule has 4 N–H and O–H groups in total. The number of nitrogens with two attached hydrogens (primary N) is 1. The van der Waals surface area contributed by atoms with Gasteiger partial charge in [-0.1, -0.05) is 19.9 Å². The lowest BCUT2D eigenvalue weighted by Gasteiger charge is -2.25. The Hall–Kier alpha value is -2.08. The van der Waals surface area contributed by atoms with Gasteiger partial charge in [-0.05, 0) is 31.0 Å².